The molecule has 42 heavy (non-hydrogen) atoms. The number of carbonyl (C=O) groups is 2. The number of anilines is 3. The summed E-state index contributed by atoms with van der Waals surface area (Å²) in [6, 6.07) is 22.9. The molecule has 9 nitrogen and oxygen atoms in total. The van der Waals surface area contributed by atoms with Crippen LogP contribution in [-0.2, 0) is 36.9 Å². The number of hydrogen-bond donors (Lipinski definition) is 2. The number of nitrogens with zero attached hydrogens (tertiary/aromatic N) is 2. The van der Waals surface area contributed by atoms with Crippen LogP contribution >= 0.6 is 0 Å². The first kappa shape index (κ1) is 30.6. The Labute approximate surface area is 245 Å². The lowest BCUT2D eigenvalue weighted by Gasteiger charge is -2.33. The van der Waals surface area contributed by atoms with Crippen LogP contribution in [-0.4, -0.2) is 46.1 Å². The van der Waals surface area contributed by atoms with Crippen molar-refractivity contribution in [3.63, 3.8) is 0 Å². The maximum absolute atomic E-state index is 13.6. The topological polar surface area (TPSA) is 117 Å². The van der Waals surface area contributed by atoms with E-state index < -0.39 is 35.4 Å². The molecular formula is C31H31FN2O7S. The van der Waals surface area contributed by atoms with Gasteiger partial charge in [-0.3, -0.25) is 9.35 Å². The van der Waals surface area contributed by atoms with E-state index in [0.717, 1.165) is 10.9 Å². The number of carboxylic acid groups (broad SMARTS) is 1. The van der Waals surface area contributed by atoms with Crippen LogP contribution in [0.4, 0.5) is 21.5 Å². The van der Waals surface area contributed by atoms with Crippen molar-refractivity contribution >= 4 is 51.0 Å². The predicted molar refractivity (Wildman–Crippen MR) is 159 cm³/mol. The molecule has 0 aliphatic rings. The van der Waals surface area contributed by atoms with Crippen molar-refractivity contribution in [2.75, 3.05) is 23.4 Å². The zero-order valence-electron chi connectivity index (χ0n) is 23.3. The van der Waals surface area contributed by atoms with E-state index in [1.54, 1.807) is 55.5 Å². The zero-order valence-corrected chi connectivity index (χ0v) is 24.1. The first-order chi connectivity index (χ1) is 20.1. The maximum atomic E-state index is 13.6. The molecule has 11 heteroatoms. The summed E-state index contributed by atoms with van der Waals surface area (Å²) in [5, 5.41) is 10.9. The van der Waals surface area contributed by atoms with E-state index in [1.807, 2.05) is 29.2 Å². The van der Waals surface area contributed by atoms with Crippen LogP contribution in [0, 0.1) is 5.82 Å². The van der Waals surface area contributed by atoms with Gasteiger partial charge in [-0.15, -0.1) is 0 Å². The summed E-state index contributed by atoms with van der Waals surface area (Å²) in [6.07, 6.45) is -1.08. The number of ether oxygens (including phenoxy) is 2. The fourth-order valence-corrected chi connectivity index (χ4v) is 5.53. The minimum atomic E-state index is -2.47. The first-order valence-corrected chi connectivity index (χ1v) is 14.1. The zero-order chi connectivity index (χ0) is 30.4. The molecular weight excluding hydrogens is 563 g/mol. The van der Waals surface area contributed by atoms with Crippen LogP contribution in [0.5, 0.6) is 0 Å². The highest BCUT2D eigenvalue weighted by Crippen LogP contribution is 2.39. The normalized spacial score (nSPS) is 13.3. The molecule has 0 amide bonds. The second kappa shape index (κ2) is 13.6. The lowest BCUT2D eigenvalue weighted by Crippen LogP contribution is -2.34. The average molecular weight is 595 g/mol. The Balaban J connectivity index is 1.80. The summed E-state index contributed by atoms with van der Waals surface area (Å²) in [5.74, 6) is -1.90. The van der Waals surface area contributed by atoms with Gasteiger partial charge in [-0.2, -0.15) is 0 Å². The molecule has 0 saturated heterocycles. The number of halogens is 1. The molecule has 2 N–H and O–H groups in total. The number of aliphatic carboxylic acids is 1. The molecule has 0 aromatic heterocycles. The van der Waals surface area contributed by atoms with Crippen molar-refractivity contribution in [3.8, 4) is 0 Å². The van der Waals surface area contributed by atoms with Gasteiger partial charge in [0.05, 0.1) is 24.9 Å². The fourth-order valence-electron chi connectivity index (χ4n) is 4.90. The van der Waals surface area contributed by atoms with E-state index in [-0.39, 0.29) is 12.2 Å². The standard InChI is InChI=1S/C31H31FN2O7S/c1-20(18-29(35)36)33(19-21-8-12-23(32)13-9-21)27-16-17-28(26-7-5-4-6-25(26)27)34(42(38)39)24-14-10-22(11-15-24)30(40-2)31(37)41-3/h4-17,20,30H,18-19H2,1-3H3,(H,35,36)(H,38,39)/t20-,30?/m0/s1. The maximum Gasteiger partial charge on any atom is 0.339 e. The van der Waals surface area contributed by atoms with E-state index in [4.69, 9.17) is 9.47 Å². The first-order valence-electron chi connectivity index (χ1n) is 13.0. The quantitative estimate of drug-likeness (QED) is 0.152. The van der Waals surface area contributed by atoms with Gasteiger partial charge in [0.25, 0.3) is 11.3 Å². The molecule has 0 heterocycles. The number of benzene rings is 4. The Morgan fingerprint density at radius 2 is 1.50 bits per heavy atom. The Morgan fingerprint density at radius 3 is 2.05 bits per heavy atom. The van der Waals surface area contributed by atoms with Crippen molar-refractivity contribution in [2.45, 2.75) is 32.0 Å². The Morgan fingerprint density at radius 1 is 0.905 bits per heavy atom. The second-order valence-corrected chi connectivity index (χ2v) is 10.4. The van der Waals surface area contributed by atoms with Crippen molar-refractivity contribution < 1.29 is 37.3 Å². The van der Waals surface area contributed by atoms with Gasteiger partial charge in [-0.25, -0.2) is 17.7 Å². The summed E-state index contributed by atoms with van der Waals surface area (Å²) in [7, 11) is 2.65. The van der Waals surface area contributed by atoms with Crippen LogP contribution in [0.15, 0.2) is 84.9 Å². The van der Waals surface area contributed by atoms with Gasteiger partial charge < -0.3 is 19.5 Å². The Bertz CT molecular complexity index is 1580. The number of methoxy groups -OCH3 is 2. The molecule has 0 radical (unpaired) electrons. The number of esters is 1. The third-order valence-corrected chi connectivity index (χ3v) is 7.63. The summed E-state index contributed by atoms with van der Waals surface area (Å²) in [6.45, 7) is 2.12. The molecule has 4 rings (SSSR count). The third-order valence-electron chi connectivity index (χ3n) is 6.91. The molecule has 4 aromatic carbocycles. The number of carbonyl (C=O) groups excluding carboxylic acids is 1. The number of hydrogen-bond acceptors (Lipinski definition) is 6. The van der Waals surface area contributed by atoms with Gasteiger partial charge in [-0.05, 0) is 54.4 Å². The van der Waals surface area contributed by atoms with Gasteiger partial charge in [0.1, 0.15) is 5.82 Å². The minimum Gasteiger partial charge on any atom is -0.481 e. The van der Waals surface area contributed by atoms with Crippen LogP contribution in [0.1, 0.15) is 30.6 Å². The van der Waals surface area contributed by atoms with E-state index in [1.165, 1.54) is 30.7 Å². The van der Waals surface area contributed by atoms with Gasteiger partial charge in [0, 0.05) is 36.2 Å². The molecule has 3 atom stereocenters. The van der Waals surface area contributed by atoms with Crippen molar-refractivity contribution in [2.24, 2.45) is 0 Å². The third kappa shape index (κ3) is 6.76. The van der Waals surface area contributed by atoms with Crippen molar-refractivity contribution in [1.82, 2.24) is 0 Å². The second-order valence-electron chi connectivity index (χ2n) is 9.61. The number of fused-ring (bicyclic) bond motifs is 1. The molecule has 0 fully saturated rings. The smallest absolute Gasteiger partial charge is 0.339 e. The molecule has 220 valence electrons. The minimum absolute atomic E-state index is 0.134. The van der Waals surface area contributed by atoms with E-state index in [9.17, 15) is 27.8 Å². The number of rotatable bonds is 12. The average Bonchev–Trinajstić information content (AvgIpc) is 2.97. The van der Waals surface area contributed by atoms with Gasteiger partial charge in [0.15, 0.2) is 6.10 Å². The Kier molecular flexibility index (Phi) is 9.89. The molecule has 0 saturated carbocycles. The molecule has 0 aliphatic heterocycles. The summed E-state index contributed by atoms with van der Waals surface area (Å²) in [4.78, 5) is 25.6. The molecule has 4 aromatic rings. The van der Waals surface area contributed by atoms with Crippen molar-refractivity contribution in [3.05, 3.63) is 102 Å². The van der Waals surface area contributed by atoms with Crippen LogP contribution in [0.3, 0.4) is 0 Å². The SMILES string of the molecule is COC(=O)C(OC)c1ccc(N(c2ccc(N(Cc3ccc(F)cc3)[C@@H](C)CC(=O)O)c3ccccc23)S(=O)O)cc1. The summed E-state index contributed by atoms with van der Waals surface area (Å²) >= 11 is -2.47. The lowest BCUT2D eigenvalue weighted by molar-refractivity contribution is -0.152. The lowest BCUT2D eigenvalue weighted by atomic mass is 10.0. The summed E-state index contributed by atoms with van der Waals surface area (Å²) < 4.78 is 48.0. The number of carboxylic acids is 1. The van der Waals surface area contributed by atoms with E-state index >= 15 is 0 Å². The molecule has 0 bridgehead atoms. The predicted octanol–water partition coefficient (Wildman–Crippen LogP) is 5.98. The molecule has 0 aliphatic carbocycles. The summed E-state index contributed by atoms with van der Waals surface area (Å²) in [5.41, 5.74) is 2.85. The Hall–Kier alpha value is -4.32. The highest BCUT2D eigenvalue weighted by Gasteiger charge is 2.25. The van der Waals surface area contributed by atoms with Gasteiger partial charge >= 0.3 is 11.9 Å². The van der Waals surface area contributed by atoms with Crippen molar-refractivity contribution in [1.29, 1.82) is 0 Å². The van der Waals surface area contributed by atoms with E-state index in [0.29, 0.717) is 34.6 Å². The fraction of sp³-hybridized carbons (Fsp3) is 0.226. The highest BCUT2D eigenvalue weighted by molar-refractivity contribution is 7.81. The van der Waals surface area contributed by atoms with Gasteiger partial charge in [0.2, 0.25) is 0 Å². The molecule has 2 unspecified atom stereocenters. The van der Waals surface area contributed by atoms with Gasteiger partial charge in [-0.1, -0.05) is 48.5 Å². The largest absolute Gasteiger partial charge is 0.481 e. The van der Waals surface area contributed by atoms with Crippen LogP contribution in [0.2, 0.25) is 0 Å². The van der Waals surface area contributed by atoms with Crippen LogP contribution in [0.25, 0.3) is 10.8 Å². The van der Waals surface area contributed by atoms with E-state index in [2.05, 4.69) is 0 Å². The highest BCUT2D eigenvalue weighted by atomic mass is 32.2. The van der Waals surface area contributed by atoms with Crippen LogP contribution < -0.4 is 9.21 Å². The monoisotopic (exact) mass is 594 g/mol. The molecule has 0 spiro atoms.